The van der Waals surface area contributed by atoms with Gasteiger partial charge in [0.25, 0.3) is 0 Å². The Bertz CT molecular complexity index is 948. The topological polar surface area (TPSA) is 78.9 Å². The Labute approximate surface area is 170 Å². The van der Waals surface area contributed by atoms with E-state index in [1.54, 1.807) is 6.92 Å². The molecule has 1 aliphatic heterocycles. The standard InChI is InChI=1S/C19H20F4O6S/c1-2-27-17(24)13-10-18(28-7-8-29-18)6-5-16(13)30(25,26)11-12-3-4-15(20)14(9-12)19(21,22)23/h3-4,9-10,16H,2,5-8,11H2,1H3. The highest BCUT2D eigenvalue weighted by molar-refractivity contribution is 7.91. The summed E-state index contributed by atoms with van der Waals surface area (Å²) in [6, 6.07) is 2.02. The molecule has 1 saturated heterocycles. The molecule has 1 unspecified atom stereocenters. The van der Waals surface area contributed by atoms with E-state index in [1.807, 2.05) is 0 Å². The number of esters is 1. The van der Waals surface area contributed by atoms with Crippen LogP contribution in [0.25, 0.3) is 0 Å². The second-order valence-electron chi connectivity index (χ2n) is 6.98. The van der Waals surface area contributed by atoms with Crippen molar-refractivity contribution in [1.29, 1.82) is 0 Å². The van der Waals surface area contributed by atoms with E-state index in [9.17, 15) is 30.8 Å². The van der Waals surface area contributed by atoms with E-state index >= 15 is 0 Å². The number of rotatable bonds is 5. The van der Waals surface area contributed by atoms with Crippen molar-refractivity contribution in [3.05, 3.63) is 46.8 Å². The van der Waals surface area contributed by atoms with Gasteiger partial charge in [-0.05, 0) is 37.1 Å². The molecule has 0 amide bonds. The lowest BCUT2D eigenvalue weighted by Crippen LogP contribution is -2.40. The van der Waals surface area contributed by atoms with E-state index in [0.717, 1.165) is 6.07 Å². The Hall–Kier alpha value is -1.98. The quantitative estimate of drug-likeness (QED) is 0.505. The Morgan fingerprint density at radius 1 is 1.27 bits per heavy atom. The van der Waals surface area contributed by atoms with Crippen LogP contribution in [-0.4, -0.2) is 45.2 Å². The van der Waals surface area contributed by atoms with Gasteiger partial charge in [0, 0.05) is 6.42 Å². The molecule has 2 aliphatic rings. The van der Waals surface area contributed by atoms with Gasteiger partial charge >= 0.3 is 12.1 Å². The molecule has 0 bridgehead atoms. The van der Waals surface area contributed by atoms with Crippen molar-refractivity contribution in [3.63, 3.8) is 0 Å². The fourth-order valence-corrected chi connectivity index (χ4v) is 5.45. The van der Waals surface area contributed by atoms with Crippen molar-refractivity contribution < 1.29 is 45.0 Å². The first-order valence-electron chi connectivity index (χ1n) is 9.22. The summed E-state index contributed by atoms with van der Waals surface area (Å²) in [6.07, 6.45) is -3.57. The third-order valence-corrected chi connectivity index (χ3v) is 6.99. The van der Waals surface area contributed by atoms with Gasteiger partial charge in [-0.25, -0.2) is 17.6 Å². The number of sulfone groups is 1. The molecule has 166 valence electrons. The summed E-state index contributed by atoms with van der Waals surface area (Å²) in [5.74, 6) is -4.37. The highest BCUT2D eigenvalue weighted by Crippen LogP contribution is 2.38. The molecule has 1 aliphatic carbocycles. The normalized spacial score (nSPS) is 21.5. The molecule has 0 N–H and O–H groups in total. The molecule has 1 heterocycles. The maximum Gasteiger partial charge on any atom is 0.419 e. The van der Waals surface area contributed by atoms with Crippen LogP contribution >= 0.6 is 0 Å². The van der Waals surface area contributed by atoms with E-state index in [2.05, 4.69) is 0 Å². The minimum atomic E-state index is -4.96. The Balaban J connectivity index is 1.93. The van der Waals surface area contributed by atoms with Gasteiger partial charge in [0.1, 0.15) is 5.82 Å². The van der Waals surface area contributed by atoms with Gasteiger partial charge in [0.05, 0.1) is 42.0 Å². The van der Waals surface area contributed by atoms with Crippen LogP contribution in [0, 0.1) is 5.82 Å². The largest absolute Gasteiger partial charge is 0.463 e. The predicted octanol–water partition coefficient (Wildman–Crippen LogP) is 3.15. The summed E-state index contributed by atoms with van der Waals surface area (Å²) in [5.41, 5.74) is -1.96. The van der Waals surface area contributed by atoms with Crippen LogP contribution in [0.15, 0.2) is 29.8 Å². The Morgan fingerprint density at radius 2 is 1.93 bits per heavy atom. The van der Waals surface area contributed by atoms with Crippen LogP contribution in [0.4, 0.5) is 17.6 Å². The summed E-state index contributed by atoms with van der Waals surface area (Å²) in [7, 11) is -4.14. The number of halogens is 4. The summed E-state index contributed by atoms with van der Waals surface area (Å²) in [4.78, 5) is 12.4. The average Bonchev–Trinajstić information content (AvgIpc) is 3.10. The highest BCUT2D eigenvalue weighted by atomic mass is 32.2. The number of ether oxygens (including phenoxy) is 3. The molecule has 1 aromatic carbocycles. The van der Waals surface area contributed by atoms with E-state index in [0.29, 0.717) is 12.1 Å². The summed E-state index contributed by atoms with van der Waals surface area (Å²) in [6.45, 7) is 2.12. The van der Waals surface area contributed by atoms with Gasteiger partial charge in [0.2, 0.25) is 0 Å². The van der Waals surface area contributed by atoms with Crippen molar-refractivity contribution in [2.45, 2.75) is 42.7 Å². The molecule has 1 spiro atoms. The van der Waals surface area contributed by atoms with Crippen molar-refractivity contribution >= 4 is 15.8 Å². The number of carbonyl (C=O) groups is 1. The highest BCUT2D eigenvalue weighted by Gasteiger charge is 2.46. The lowest BCUT2D eigenvalue weighted by molar-refractivity contribution is -0.143. The molecule has 0 saturated carbocycles. The third-order valence-electron chi connectivity index (χ3n) is 4.90. The molecule has 11 heteroatoms. The number of hydrogen-bond donors (Lipinski definition) is 0. The molecule has 1 aromatic rings. The molecule has 0 aromatic heterocycles. The SMILES string of the molecule is CCOC(=O)C1=CC2(CCC1S(=O)(=O)Cc1ccc(F)c(C(F)(F)F)c1)OCCO2. The number of alkyl halides is 3. The molecular formula is C19H20F4O6S. The summed E-state index contributed by atoms with van der Waals surface area (Å²) >= 11 is 0. The van der Waals surface area contributed by atoms with Crippen LogP contribution < -0.4 is 0 Å². The molecule has 1 atom stereocenters. The Morgan fingerprint density at radius 3 is 2.53 bits per heavy atom. The molecule has 30 heavy (non-hydrogen) atoms. The van der Waals surface area contributed by atoms with Crippen molar-refractivity contribution in [3.8, 4) is 0 Å². The second-order valence-corrected chi connectivity index (χ2v) is 9.16. The van der Waals surface area contributed by atoms with E-state index in [1.165, 1.54) is 6.08 Å². The second kappa shape index (κ2) is 8.27. The third kappa shape index (κ3) is 4.68. The van der Waals surface area contributed by atoms with Crippen LogP contribution in [0.2, 0.25) is 0 Å². The first-order chi connectivity index (χ1) is 14.0. The van der Waals surface area contributed by atoms with E-state index in [-0.39, 0.29) is 43.8 Å². The number of benzene rings is 1. The smallest absolute Gasteiger partial charge is 0.419 e. The maximum absolute atomic E-state index is 13.5. The molecule has 6 nitrogen and oxygen atoms in total. The first-order valence-corrected chi connectivity index (χ1v) is 10.9. The monoisotopic (exact) mass is 452 g/mol. The predicted molar refractivity (Wildman–Crippen MR) is 96.4 cm³/mol. The first kappa shape index (κ1) is 22.7. The van der Waals surface area contributed by atoms with Crippen molar-refractivity contribution in [1.82, 2.24) is 0 Å². The average molecular weight is 452 g/mol. The molecule has 1 fully saturated rings. The minimum absolute atomic E-state index is 0.00452. The van der Waals surface area contributed by atoms with Crippen molar-refractivity contribution in [2.24, 2.45) is 0 Å². The summed E-state index contributed by atoms with van der Waals surface area (Å²) < 4.78 is 94.4. The van der Waals surface area contributed by atoms with Crippen LogP contribution in [0.3, 0.4) is 0 Å². The summed E-state index contributed by atoms with van der Waals surface area (Å²) in [5, 5.41) is -1.31. The zero-order valence-electron chi connectivity index (χ0n) is 16.0. The van der Waals surface area contributed by atoms with Gasteiger partial charge < -0.3 is 14.2 Å². The fourth-order valence-electron chi connectivity index (χ4n) is 3.58. The zero-order chi connectivity index (χ0) is 22.2. The van der Waals surface area contributed by atoms with Gasteiger partial charge in [-0.1, -0.05) is 6.07 Å². The molecule has 0 radical (unpaired) electrons. The van der Waals surface area contributed by atoms with Gasteiger partial charge in [-0.2, -0.15) is 13.2 Å². The van der Waals surface area contributed by atoms with Crippen LogP contribution in [-0.2, 0) is 40.8 Å². The lowest BCUT2D eigenvalue weighted by Gasteiger charge is -2.33. The fraction of sp³-hybridized carbons (Fsp3) is 0.526. The van der Waals surface area contributed by atoms with Gasteiger partial charge in [0.15, 0.2) is 15.6 Å². The van der Waals surface area contributed by atoms with Crippen molar-refractivity contribution in [2.75, 3.05) is 19.8 Å². The molecule has 3 rings (SSSR count). The number of carbonyl (C=O) groups excluding carboxylic acids is 1. The minimum Gasteiger partial charge on any atom is -0.463 e. The van der Waals surface area contributed by atoms with Crippen LogP contribution in [0.1, 0.15) is 30.9 Å². The lowest BCUT2D eigenvalue weighted by atomic mass is 9.94. The maximum atomic E-state index is 13.5. The Kier molecular flexibility index (Phi) is 6.26. The van der Waals surface area contributed by atoms with E-state index in [4.69, 9.17) is 14.2 Å². The zero-order valence-corrected chi connectivity index (χ0v) is 16.8. The van der Waals surface area contributed by atoms with Gasteiger partial charge in [-0.15, -0.1) is 0 Å². The van der Waals surface area contributed by atoms with E-state index < -0.39 is 50.2 Å². The molecular weight excluding hydrogens is 432 g/mol. The van der Waals surface area contributed by atoms with Crippen LogP contribution in [0.5, 0.6) is 0 Å². The van der Waals surface area contributed by atoms with Gasteiger partial charge in [-0.3, -0.25) is 0 Å². The number of hydrogen-bond acceptors (Lipinski definition) is 6.